The molecule has 0 N–H and O–H groups in total. The van der Waals surface area contributed by atoms with E-state index < -0.39 is 9.84 Å². The summed E-state index contributed by atoms with van der Waals surface area (Å²) in [6.45, 7) is 4.12. The molecule has 0 radical (unpaired) electrons. The molecule has 0 aliphatic heterocycles. The van der Waals surface area contributed by atoms with E-state index in [1.54, 1.807) is 6.92 Å². The SMILES string of the molecule is CCS(=O)(=O)CCCOc1ccc(C)cc1. The molecule has 16 heavy (non-hydrogen) atoms. The monoisotopic (exact) mass is 242 g/mol. The molecule has 4 heteroatoms. The van der Waals surface area contributed by atoms with Crippen LogP contribution in [-0.2, 0) is 9.84 Å². The summed E-state index contributed by atoms with van der Waals surface area (Å²) in [4.78, 5) is 0. The Morgan fingerprint density at radius 1 is 1.19 bits per heavy atom. The summed E-state index contributed by atoms with van der Waals surface area (Å²) in [6.07, 6.45) is 0.546. The van der Waals surface area contributed by atoms with Crippen molar-refractivity contribution in [1.82, 2.24) is 0 Å². The molecule has 0 fully saturated rings. The predicted octanol–water partition coefficient (Wildman–Crippen LogP) is 2.20. The van der Waals surface area contributed by atoms with E-state index in [4.69, 9.17) is 4.74 Å². The number of sulfone groups is 1. The molecule has 0 unspecified atom stereocenters. The second kappa shape index (κ2) is 5.89. The summed E-state index contributed by atoms with van der Waals surface area (Å²) in [5, 5.41) is 0. The van der Waals surface area contributed by atoms with E-state index in [-0.39, 0.29) is 11.5 Å². The molecule has 90 valence electrons. The molecule has 1 rings (SSSR count). The molecule has 0 aliphatic carbocycles. The highest BCUT2D eigenvalue weighted by Crippen LogP contribution is 2.11. The molecule has 1 aromatic carbocycles. The van der Waals surface area contributed by atoms with Crippen molar-refractivity contribution in [2.45, 2.75) is 20.3 Å². The Morgan fingerprint density at radius 3 is 2.38 bits per heavy atom. The third-order valence-electron chi connectivity index (χ3n) is 2.33. The first kappa shape index (κ1) is 13.0. The van der Waals surface area contributed by atoms with E-state index in [1.165, 1.54) is 5.56 Å². The van der Waals surface area contributed by atoms with Crippen molar-refractivity contribution in [2.24, 2.45) is 0 Å². The summed E-state index contributed by atoms with van der Waals surface area (Å²) in [5.74, 6) is 1.20. The Morgan fingerprint density at radius 2 is 1.81 bits per heavy atom. The van der Waals surface area contributed by atoms with E-state index in [0.29, 0.717) is 13.0 Å². The highest BCUT2D eigenvalue weighted by atomic mass is 32.2. The number of rotatable bonds is 6. The van der Waals surface area contributed by atoms with Gasteiger partial charge in [-0.05, 0) is 25.5 Å². The van der Waals surface area contributed by atoms with Crippen molar-refractivity contribution in [2.75, 3.05) is 18.1 Å². The fourth-order valence-corrected chi connectivity index (χ4v) is 2.09. The zero-order chi connectivity index (χ0) is 12.0. The third-order valence-corrected chi connectivity index (χ3v) is 4.12. The fourth-order valence-electron chi connectivity index (χ4n) is 1.25. The van der Waals surface area contributed by atoms with E-state index in [0.717, 1.165) is 5.75 Å². The molecule has 0 spiro atoms. The van der Waals surface area contributed by atoms with E-state index >= 15 is 0 Å². The summed E-state index contributed by atoms with van der Waals surface area (Å²) in [7, 11) is -2.86. The highest BCUT2D eigenvalue weighted by Gasteiger charge is 2.06. The van der Waals surface area contributed by atoms with Crippen LogP contribution >= 0.6 is 0 Å². The fraction of sp³-hybridized carbons (Fsp3) is 0.500. The van der Waals surface area contributed by atoms with Gasteiger partial charge in [-0.1, -0.05) is 24.6 Å². The zero-order valence-electron chi connectivity index (χ0n) is 9.77. The van der Waals surface area contributed by atoms with Crippen molar-refractivity contribution in [3.05, 3.63) is 29.8 Å². The molecule has 0 amide bonds. The van der Waals surface area contributed by atoms with E-state index in [9.17, 15) is 8.42 Å². The molecular weight excluding hydrogens is 224 g/mol. The van der Waals surface area contributed by atoms with Gasteiger partial charge in [-0.25, -0.2) is 8.42 Å². The van der Waals surface area contributed by atoms with E-state index in [1.807, 2.05) is 31.2 Å². The first-order chi connectivity index (χ1) is 7.53. The number of hydrogen-bond donors (Lipinski definition) is 0. The lowest BCUT2D eigenvalue weighted by Crippen LogP contribution is -2.11. The number of hydrogen-bond acceptors (Lipinski definition) is 3. The van der Waals surface area contributed by atoms with Gasteiger partial charge in [0.2, 0.25) is 0 Å². The average Bonchev–Trinajstić information content (AvgIpc) is 2.27. The predicted molar refractivity (Wildman–Crippen MR) is 65.6 cm³/mol. The molecular formula is C12H18O3S. The second-order valence-electron chi connectivity index (χ2n) is 3.75. The Labute approximate surface area is 97.4 Å². The van der Waals surface area contributed by atoms with E-state index in [2.05, 4.69) is 0 Å². The Kier molecular flexibility index (Phi) is 4.80. The first-order valence-electron chi connectivity index (χ1n) is 5.43. The van der Waals surface area contributed by atoms with Gasteiger partial charge in [0.15, 0.2) is 0 Å². The van der Waals surface area contributed by atoms with Gasteiger partial charge in [0.1, 0.15) is 15.6 Å². The van der Waals surface area contributed by atoms with Crippen molar-refractivity contribution in [3.63, 3.8) is 0 Å². The minimum absolute atomic E-state index is 0.204. The summed E-state index contributed by atoms with van der Waals surface area (Å²) >= 11 is 0. The number of ether oxygens (including phenoxy) is 1. The van der Waals surface area contributed by atoms with Gasteiger partial charge in [0, 0.05) is 5.75 Å². The van der Waals surface area contributed by atoms with Gasteiger partial charge in [-0.3, -0.25) is 0 Å². The standard InChI is InChI=1S/C12H18O3S/c1-3-16(13,14)10-4-9-15-12-7-5-11(2)6-8-12/h5-8H,3-4,9-10H2,1-2H3. The topological polar surface area (TPSA) is 43.4 Å². The van der Waals surface area contributed by atoms with Crippen LogP contribution in [0.4, 0.5) is 0 Å². The highest BCUT2D eigenvalue weighted by molar-refractivity contribution is 7.91. The summed E-state index contributed by atoms with van der Waals surface area (Å²) in [6, 6.07) is 7.73. The van der Waals surface area contributed by atoms with Gasteiger partial charge >= 0.3 is 0 Å². The van der Waals surface area contributed by atoms with Crippen LogP contribution in [0, 0.1) is 6.92 Å². The van der Waals surface area contributed by atoms with Crippen LogP contribution in [0.15, 0.2) is 24.3 Å². The van der Waals surface area contributed by atoms with Gasteiger partial charge in [-0.15, -0.1) is 0 Å². The normalized spacial score (nSPS) is 11.4. The van der Waals surface area contributed by atoms with Gasteiger partial charge in [0.25, 0.3) is 0 Å². The maximum absolute atomic E-state index is 11.2. The molecule has 0 heterocycles. The molecule has 0 aliphatic rings. The lowest BCUT2D eigenvalue weighted by atomic mass is 10.2. The van der Waals surface area contributed by atoms with Crippen LogP contribution < -0.4 is 4.74 Å². The molecule has 3 nitrogen and oxygen atoms in total. The van der Waals surface area contributed by atoms with Crippen LogP contribution in [0.3, 0.4) is 0 Å². The second-order valence-corrected chi connectivity index (χ2v) is 6.22. The molecule has 0 atom stereocenters. The zero-order valence-corrected chi connectivity index (χ0v) is 10.6. The minimum atomic E-state index is -2.86. The Bertz CT molecular complexity index is 406. The maximum Gasteiger partial charge on any atom is 0.150 e. The number of aryl methyl sites for hydroxylation is 1. The average molecular weight is 242 g/mol. The lowest BCUT2D eigenvalue weighted by Gasteiger charge is -2.06. The Hall–Kier alpha value is -1.03. The smallest absolute Gasteiger partial charge is 0.150 e. The van der Waals surface area contributed by atoms with Crippen LogP contribution in [-0.4, -0.2) is 26.5 Å². The third kappa shape index (κ3) is 4.66. The molecule has 0 aromatic heterocycles. The largest absolute Gasteiger partial charge is 0.494 e. The van der Waals surface area contributed by atoms with Crippen molar-refractivity contribution in [3.8, 4) is 5.75 Å². The summed E-state index contributed by atoms with van der Waals surface area (Å²) in [5.41, 5.74) is 1.18. The molecule has 0 saturated heterocycles. The summed E-state index contributed by atoms with van der Waals surface area (Å²) < 4.78 is 27.8. The van der Waals surface area contributed by atoms with Crippen molar-refractivity contribution < 1.29 is 13.2 Å². The van der Waals surface area contributed by atoms with Gasteiger partial charge in [-0.2, -0.15) is 0 Å². The first-order valence-corrected chi connectivity index (χ1v) is 7.25. The lowest BCUT2D eigenvalue weighted by molar-refractivity contribution is 0.317. The Balaban J connectivity index is 2.29. The maximum atomic E-state index is 11.2. The molecule has 1 aromatic rings. The van der Waals surface area contributed by atoms with Crippen LogP contribution in [0.2, 0.25) is 0 Å². The molecule has 0 bridgehead atoms. The van der Waals surface area contributed by atoms with Crippen molar-refractivity contribution in [1.29, 1.82) is 0 Å². The molecule has 0 saturated carbocycles. The van der Waals surface area contributed by atoms with Crippen LogP contribution in [0.1, 0.15) is 18.9 Å². The van der Waals surface area contributed by atoms with Crippen LogP contribution in [0.25, 0.3) is 0 Å². The van der Waals surface area contributed by atoms with Crippen LogP contribution in [0.5, 0.6) is 5.75 Å². The van der Waals surface area contributed by atoms with Crippen molar-refractivity contribution >= 4 is 9.84 Å². The number of benzene rings is 1. The van der Waals surface area contributed by atoms with Gasteiger partial charge < -0.3 is 4.74 Å². The quantitative estimate of drug-likeness (QED) is 0.718. The minimum Gasteiger partial charge on any atom is -0.494 e. The van der Waals surface area contributed by atoms with Gasteiger partial charge in [0.05, 0.1) is 12.4 Å².